The SMILES string of the molecule is CC(c1ccc(-n2cncn2)cc1)N(C)C(=O)Cc1ccccc1[N+](=O)[O-]. The molecule has 3 aromatic rings. The van der Waals surface area contributed by atoms with Crippen molar-refractivity contribution in [3.8, 4) is 5.69 Å². The van der Waals surface area contributed by atoms with Gasteiger partial charge in [-0.05, 0) is 24.6 Å². The van der Waals surface area contributed by atoms with Gasteiger partial charge in [0.1, 0.15) is 12.7 Å². The van der Waals surface area contributed by atoms with Gasteiger partial charge in [-0.2, -0.15) is 5.10 Å². The standard InChI is InChI=1S/C19H19N5O3/c1-14(15-7-9-17(10-8-15)23-13-20-12-21-23)22(2)19(25)11-16-5-3-4-6-18(16)24(26)27/h3-10,12-14H,11H2,1-2H3. The number of nitro benzene ring substituents is 1. The Labute approximate surface area is 156 Å². The van der Waals surface area contributed by atoms with Crippen LogP contribution >= 0.6 is 0 Å². The van der Waals surface area contributed by atoms with E-state index in [0.717, 1.165) is 11.3 Å². The number of amides is 1. The summed E-state index contributed by atoms with van der Waals surface area (Å²) in [6, 6.07) is 13.8. The van der Waals surface area contributed by atoms with Gasteiger partial charge in [0.15, 0.2) is 0 Å². The first-order chi connectivity index (χ1) is 13.0. The molecule has 8 heteroatoms. The monoisotopic (exact) mass is 365 g/mol. The van der Waals surface area contributed by atoms with Crippen LogP contribution in [0.1, 0.15) is 24.1 Å². The van der Waals surface area contributed by atoms with Crippen molar-refractivity contribution >= 4 is 11.6 Å². The Bertz CT molecular complexity index is 938. The Balaban J connectivity index is 1.72. The molecular formula is C19H19N5O3. The minimum atomic E-state index is -0.463. The fourth-order valence-electron chi connectivity index (χ4n) is 2.81. The van der Waals surface area contributed by atoms with E-state index in [1.165, 1.54) is 12.4 Å². The van der Waals surface area contributed by atoms with Gasteiger partial charge in [-0.1, -0.05) is 30.3 Å². The van der Waals surface area contributed by atoms with Crippen molar-refractivity contribution in [2.75, 3.05) is 7.05 Å². The minimum absolute atomic E-state index is 0.0188. The van der Waals surface area contributed by atoms with E-state index in [2.05, 4.69) is 10.1 Å². The average Bonchev–Trinajstić information content (AvgIpc) is 3.22. The summed E-state index contributed by atoms with van der Waals surface area (Å²) in [6.07, 6.45) is 3.06. The van der Waals surface area contributed by atoms with Crippen molar-refractivity contribution in [3.63, 3.8) is 0 Å². The summed E-state index contributed by atoms with van der Waals surface area (Å²) < 4.78 is 1.65. The highest BCUT2D eigenvalue weighted by Crippen LogP contribution is 2.23. The van der Waals surface area contributed by atoms with E-state index >= 15 is 0 Å². The molecule has 0 bridgehead atoms. The van der Waals surface area contributed by atoms with Crippen LogP contribution in [-0.4, -0.2) is 37.5 Å². The lowest BCUT2D eigenvalue weighted by atomic mass is 10.0. The van der Waals surface area contributed by atoms with E-state index in [4.69, 9.17) is 0 Å². The van der Waals surface area contributed by atoms with Crippen LogP contribution < -0.4 is 0 Å². The highest BCUT2D eigenvalue weighted by atomic mass is 16.6. The molecule has 0 saturated heterocycles. The number of benzene rings is 2. The summed E-state index contributed by atoms with van der Waals surface area (Å²) in [5, 5.41) is 15.2. The molecule has 0 aliphatic rings. The predicted octanol–water partition coefficient (Wildman–Crippen LogP) is 2.94. The molecule has 2 aromatic carbocycles. The fourth-order valence-corrected chi connectivity index (χ4v) is 2.81. The third kappa shape index (κ3) is 4.00. The van der Waals surface area contributed by atoms with Crippen molar-refractivity contribution in [3.05, 3.63) is 82.4 Å². The minimum Gasteiger partial charge on any atom is -0.339 e. The largest absolute Gasteiger partial charge is 0.339 e. The van der Waals surface area contributed by atoms with Crippen molar-refractivity contribution in [2.45, 2.75) is 19.4 Å². The number of carbonyl (C=O) groups is 1. The molecule has 138 valence electrons. The molecule has 3 rings (SSSR count). The lowest BCUT2D eigenvalue weighted by Gasteiger charge is -2.25. The molecule has 0 saturated carbocycles. The molecular weight excluding hydrogens is 346 g/mol. The second-order valence-corrected chi connectivity index (χ2v) is 6.17. The molecule has 0 fully saturated rings. The Morgan fingerprint density at radius 2 is 1.93 bits per heavy atom. The van der Waals surface area contributed by atoms with Crippen LogP contribution in [0, 0.1) is 10.1 Å². The molecule has 1 amide bonds. The first kappa shape index (κ1) is 18.2. The van der Waals surface area contributed by atoms with Crippen molar-refractivity contribution in [1.29, 1.82) is 0 Å². The molecule has 0 N–H and O–H groups in total. The molecule has 0 aliphatic carbocycles. The quantitative estimate of drug-likeness (QED) is 0.494. The van der Waals surface area contributed by atoms with Crippen molar-refractivity contribution in [1.82, 2.24) is 19.7 Å². The first-order valence-electron chi connectivity index (χ1n) is 8.40. The number of nitrogens with zero attached hydrogens (tertiary/aromatic N) is 5. The molecule has 0 aliphatic heterocycles. The van der Waals surface area contributed by atoms with Gasteiger partial charge in [0.2, 0.25) is 5.91 Å². The molecule has 27 heavy (non-hydrogen) atoms. The van der Waals surface area contributed by atoms with Crippen LogP contribution in [0.4, 0.5) is 5.69 Å². The first-order valence-corrected chi connectivity index (χ1v) is 8.40. The van der Waals surface area contributed by atoms with Gasteiger partial charge in [-0.25, -0.2) is 9.67 Å². The molecule has 1 heterocycles. The molecule has 0 radical (unpaired) electrons. The normalized spacial score (nSPS) is 11.8. The number of nitro groups is 1. The van der Waals surface area contributed by atoms with E-state index < -0.39 is 4.92 Å². The van der Waals surface area contributed by atoms with Gasteiger partial charge in [0.05, 0.1) is 23.1 Å². The summed E-state index contributed by atoms with van der Waals surface area (Å²) in [4.78, 5) is 28.8. The van der Waals surface area contributed by atoms with Gasteiger partial charge in [0.25, 0.3) is 5.69 Å². The second kappa shape index (κ2) is 7.77. The number of aromatic nitrogens is 3. The third-order valence-corrected chi connectivity index (χ3v) is 4.56. The van der Waals surface area contributed by atoms with E-state index in [1.807, 2.05) is 31.2 Å². The van der Waals surface area contributed by atoms with Gasteiger partial charge < -0.3 is 4.90 Å². The number of hydrogen-bond donors (Lipinski definition) is 0. The van der Waals surface area contributed by atoms with Crippen LogP contribution in [0.2, 0.25) is 0 Å². The van der Waals surface area contributed by atoms with Crippen molar-refractivity contribution < 1.29 is 9.72 Å². The van der Waals surface area contributed by atoms with Gasteiger partial charge in [0, 0.05) is 18.7 Å². The number of hydrogen-bond acceptors (Lipinski definition) is 5. The molecule has 1 unspecified atom stereocenters. The maximum Gasteiger partial charge on any atom is 0.273 e. The number of likely N-dealkylation sites (N-methyl/N-ethyl adjacent to an activating group) is 1. The van der Waals surface area contributed by atoms with Crippen molar-refractivity contribution in [2.24, 2.45) is 0 Å². The molecule has 0 spiro atoms. The molecule has 8 nitrogen and oxygen atoms in total. The maximum atomic E-state index is 12.6. The van der Waals surface area contributed by atoms with Gasteiger partial charge >= 0.3 is 0 Å². The predicted molar refractivity (Wildman–Crippen MR) is 99.3 cm³/mol. The smallest absolute Gasteiger partial charge is 0.273 e. The zero-order valence-electron chi connectivity index (χ0n) is 15.0. The lowest BCUT2D eigenvalue weighted by molar-refractivity contribution is -0.385. The summed E-state index contributed by atoms with van der Waals surface area (Å²) in [6.45, 7) is 1.92. The third-order valence-electron chi connectivity index (χ3n) is 4.56. The second-order valence-electron chi connectivity index (χ2n) is 6.17. The zero-order valence-corrected chi connectivity index (χ0v) is 15.0. The van der Waals surface area contributed by atoms with Gasteiger partial charge in [-0.3, -0.25) is 14.9 Å². The maximum absolute atomic E-state index is 12.6. The summed E-state index contributed by atoms with van der Waals surface area (Å²) in [7, 11) is 1.70. The molecule has 1 aromatic heterocycles. The highest BCUT2D eigenvalue weighted by Gasteiger charge is 2.21. The molecule has 1 atom stereocenters. The Kier molecular flexibility index (Phi) is 5.25. The van der Waals surface area contributed by atoms with Crippen LogP contribution in [0.5, 0.6) is 0 Å². The van der Waals surface area contributed by atoms with Crippen LogP contribution in [0.3, 0.4) is 0 Å². The Morgan fingerprint density at radius 1 is 1.22 bits per heavy atom. The zero-order chi connectivity index (χ0) is 19.4. The summed E-state index contributed by atoms with van der Waals surface area (Å²) in [5.74, 6) is -0.183. The summed E-state index contributed by atoms with van der Waals surface area (Å²) >= 11 is 0. The lowest BCUT2D eigenvalue weighted by Crippen LogP contribution is -2.31. The van der Waals surface area contributed by atoms with Crippen LogP contribution in [0.15, 0.2) is 61.2 Å². The van der Waals surface area contributed by atoms with E-state index in [0.29, 0.717) is 5.56 Å². The number of para-hydroxylation sites is 1. The van der Waals surface area contributed by atoms with E-state index in [9.17, 15) is 14.9 Å². The highest BCUT2D eigenvalue weighted by molar-refractivity contribution is 5.80. The van der Waals surface area contributed by atoms with E-state index in [-0.39, 0.29) is 24.1 Å². The fraction of sp³-hybridized carbons (Fsp3) is 0.211. The van der Waals surface area contributed by atoms with Gasteiger partial charge in [-0.15, -0.1) is 0 Å². The number of rotatable bonds is 6. The van der Waals surface area contributed by atoms with Crippen LogP contribution in [0.25, 0.3) is 5.69 Å². The Morgan fingerprint density at radius 3 is 2.56 bits per heavy atom. The topological polar surface area (TPSA) is 94.2 Å². The summed E-state index contributed by atoms with van der Waals surface area (Å²) in [5.41, 5.74) is 2.20. The van der Waals surface area contributed by atoms with Crippen LogP contribution in [-0.2, 0) is 11.2 Å². The Hall–Kier alpha value is -3.55. The number of carbonyl (C=O) groups excluding carboxylic acids is 1. The van der Waals surface area contributed by atoms with E-state index in [1.54, 1.807) is 41.2 Å². The average molecular weight is 365 g/mol.